The number of anilines is 1. The Morgan fingerprint density at radius 1 is 0.722 bits per heavy atom. The molecule has 2 N–H and O–H groups in total. The zero-order valence-electron chi connectivity index (χ0n) is 19.2. The maximum atomic E-state index is 13.8. The third kappa shape index (κ3) is 6.44. The van der Waals surface area contributed by atoms with Gasteiger partial charge in [-0.2, -0.15) is 26.3 Å². The van der Waals surface area contributed by atoms with E-state index in [1.807, 2.05) is 0 Å². The number of nitrogens with zero attached hydrogens (tertiary/aromatic N) is 1. The molecular formula is C24H22BF6NO4. The lowest BCUT2D eigenvalue weighted by Crippen LogP contribution is -2.39. The van der Waals surface area contributed by atoms with E-state index < -0.39 is 36.1 Å². The normalized spacial score (nSPS) is 11.8. The zero-order chi connectivity index (χ0) is 26.7. The van der Waals surface area contributed by atoms with E-state index >= 15 is 0 Å². The van der Waals surface area contributed by atoms with Crippen molar-refractivity contribution in [3.63, 3.8) is 0 Å². The molecule has 5 nitrogen and oxygen atoms in total. The Balaban J connectivity index is 2.16. The topological polar surface area (TPSA) is 62.2 Å². The molecule has 0 saturated heterocycles. The summed E-state index contributed by atoms with van der Waals surface area (Å²) in [5.41, 5.74) is -4.45. The van der Waals surface area contributed by atoms with Crippen molar-refractivity contribution in [3.05, 3.63) is 82.9 Å². The van der Waals surface area contributed by atoms with Gasteiger partial charge in [0.25, 0.3) is 0 Å². The van der Waals surface area contributed by atoms with Crippen molar-refractivity contribution in [2.24, 2.45) is 0 Å². The molecule has 0 radical (unpaired) electrons. The summed E-state index contributed by atoms with van der Waals surface area (Å²) in [6.07, 6.45) is -10.9. The van der Waals surface area contributed by atoms with E-state index in [-0.39, 0.29) is 18.8 Å². The second-order valence-electron chi connectivity index (χ2n) is 7.88. The van der Waals surface area contributed by atoms with Crippen LogP contribution in [-0.2, 0) is 25.4 Å². The molecule has 0 fully saturated rings. The summed E-state index contributed by atoms with van der Waals surface area (Å²) in [4.78, 5) is 1.41. The standard InChI is InChI=1S/C24H22BF6NO4/c1-35-18-7-3-15(4-8-18)13-32(14-16-5-9-19(36-2)10-6-16)17-11-20(23(26,27)28)22(24(29,30)31)21(12-17)25(33)34/h3-12,33-34H,13-14H2,1-2H3. The van der Waals surface area contributed by atoms with Gasteiger partial charge in [0, 0.05) is 18.8 Å². The predicted octanol–water partition coefficient (Wildman–Crippen LogP) is 4.63. The van der Waals surface area contributed by atoms with Crippen LogP contribution in [-0.4, -0.2) is 31.4 Å². The molecule has 0 aliphatic heterocycles. The first-order valence-electron chi connectivity index (χ1n) is 10.5. The average molecular weight is 513 g/mol. The van der Waals surface area contributed by atoms with E-state index in [1.165, 1.54) is 19.1 Å². The number of alkyl halides is 6. The van der Waals surface area contributed by atoms with Crippen molar-refractivity contribution < 1.29 is 45.9 Å². The van der Waals surface area contributed by atoms with E-state index in [1.54, 1.807) is 48.5 Å². The minimum atomic E-state index is -5.47. The van der Waals surface area contributed by atoms with Crippen molar-refractivity contribution in [1.29, 1.82) is 0 Å². The lowest BCUT2D eigenvalue weighted by atomic mass is 9.74. The quantitative estimate of drug-likeness (QED) is 0.340. The van der Waals surface area contributed by atoms with Crippen molar-refractivity contribution >= 4 is 18.3 Å². The Hall–Kier alpha value is -3.38. The second kappa shape index (κ2) is 10.7. The first-order valence-corrected chi connectivity index (χ1v) is 10.5. The van der Waals surface area contributed by atoms with Gasteiger partial charge in [0.15, 0.2) is 0 Å². The van der Waals surface area contributed by atoms with Crippen molar-refractivity contribution in [2.45, 2.75) is 25.4 Å². The Kier molecular flexibility index (Phi) is 8.10. The van der Waals surface area contributed by atoms with Gasteiger partial charge in [-0.05, 0) is 53.0 Å². The number of ether oxygens (including phenoxy) is 2. The first kappa shape index (κ1) is 27.2. The summed E-state index contributed by atoms with van der Waals surface area (Å²) < 4.78 is 92.4. The first-order chi connectivity index (χ1) is 16.8. The summed E-state index contributed by atoms with van der Waals surface area (Å²) in [5.74, 6) is 1.08. The van der Waals surface area contributed by atoms with Crippen molar-refractivity contribution in [1.82, 2.24) is 0 Å². The van der Waals surface area contributed by atoms with Gasteiger partial charge in [-0.25, -0.2) is 0 Å². The minimum Gasteiger partial charge on any atom is -0.497 e. The van der Waals surface area contributed by atoms with Crippen LogP contribution in [0.1, 0.15) is 22.3 Å². The molecule has 3 aromatic rings. The highest BCUT2D eigenvalue weighted by molar-refractivity contribution is 6.59. The molecule has 3 rings (SSSR count). The van der Waals surface area contributed by atoms with Gasteiger partial charge in [-0.15, -0.1) is 0 Å². The maximum Gasteiger partial charge on any atom is 0.489 e. The molecule has 0 unspecified atom stereocenters. The molecule has 3 aromatic carbocycles. The smallest absolute Gasteiger partial charge is 0.489 e. The molecular weight excluding hydrogens is 491 g/mol. The molecule has 0 spiro atoms. The van der Waals surface area contributed by atoms with Crippen LogP contribution in [0, 0.1) is 0 Å². The van der Waals surface area contributed by atoms with Gasteiger partial charge in [0.1, 0.15) is 11.5 Å². The second-order valence-corrected chi connectivity index (χ2v) is 7.88. The highest BCUT2D eigenvalue weighted by Crippen LogP contribution is 2.41. The van der Waals surface area contributed by atoms with Crippen molar-refractivity contribution in [2.75, 3.05) is 19.1 Å². The molecule has 192 valence electrons. The third-order valence-corrected chi connectivity index (χ3v) is 5.45. The number of hydrogen-bond donors (Lipinski definition) is 2. The van der Waals surface area contributed by atoms with Gasteiger partial charge >= 0.3 is 19.5 Å². The largest absolute Gasteiger partial charge is 0.497 e. The summed E-state index contributed by atoms with van der Waals surface area (Å²) in [7, 11) is 0.146. The van der Waals surface area contributed by atoms with Crippen LogP contribution in [0.2, 0.25) is 0 Å². The molecule has 0 aromatic heterocycles. The number of hydrogen-bond acceptors (Lipinski definition) is 5. The van der Waals surface area contributed by atoms with Gasteiger partial charge in [-0.1, -0.05) is 24.3 Å². The Morgan fingerprint density at radius 3 is 1.50 bits per heavy atom. The summed E-state index contributed by atoms with van der Waals surface area (Å²) in [6.45, 7) is -0.000696. The summed E-state index contributed by atoms with van der Waals surface area (Å²) >= 11 is 0. The van der Waals surface area contributed by atoms with Crippen molar-refractivity contribution in [3.8, 4) is 11.5 Å². The molecule has 36 heavy (non-hydrogen) atoms. The van der Waals surface area contributed by atoms with Crippen LogP contribution in [0.3, 0.4) is 0 Å². The van der Waals surface area contributed by atoms with Crippen LogP contribution in [0.4, 0.5) is 32.0 Å². The van der Waals surface area contributed by atoms with E-state index in [0.29, 0.717) is 28.7 Å². The van der Waals surface area contributed by atoms with Gasteiger partial charge in [0.05, 0.1) is 25.3 Å². The van der Waals surface area contributed by atoms with E-state index in [9.17, 15) is 36.4 Å². The van der Waals surface area contributed by atoms with E-state index in [4.69, 9.17) is 9.47 Å². The fourth-order valence-electron chi connectivity index (χ4n) is 3.72. The molecule has 12 heteroatoms. The molecule has 0 amide bonds. The lowest BCUT2D eigenvalue weighted by molar-refractivity contribution is -0.161. The fraction of sp³-hybridized carbons (Fsp3) is 0.250. The molecule has 0 bridgehead atoms. The lowest BCUT2D eigenvalue weighted by Gasteiger charge is -2.29. The summed E-state index contributed by atoms with van der Waals surface area (Å²) in [5, 5.41) is 19.2. The van der Waals surface area contributed by atoms with E-state index in [0.717, 1.165) is 6.07 Å². The third-order valence-electron chi connectivity index (χ3n) is 5.45. The molecule has 0 aliphatic carbocycles. The number of methoxy groups -OCH3 is 2. The number of rotatable bonds is 8. The van der Waals surface area contributed by atoms with Crippen LogP contribution in [0.25, 0.3) is 0 Å². The van der Waals surface area contributed by atoms with Gasteiger partial charge in [-0.3, -0.25) is 0 Å². The number of halogens is 6. The predicted molar refractivity (Wildman–Crippen MR) is 122 cm³/mol. The Bertz CT molecular complexity index is 1120. The highest BCUT2D eigenvalue weighted by Gasteiger charge is 2.47. The monoisotopic (exact) mass is 513 g/mol. The van der Waals surface area contributed by atoms with Crippen LogP contribution < -0.4 is 19.8 Å². The van der Waals surface area contributed by atoms with E-state index in [2.05, 4.69) is 0 Å². The Morgan fingerprint density at radius 2 is 1.17 bits per heavy atom. The average Bonchev–Trinajstić information content (AvgIpc) is 2.82. The van der Waals surface area contributed by atoms with Gasteiger partial charge in [0.2, 0.25) is 0 Å². The molecule has 0 heterocycles. The number of benzene rings is 3. The maximum absolute atomic E-state index is 13.8. The van der Waals surface area contributed by atoms with Crippen LogP contribution in [0.5, 0.6) is 11.5 Å². The SMILES string of the molecule is COc1ccc(CN(Cc2ccc(OC)cc2)c2cc(B(O)O)c(C(F)(F)F)c(C(F)(F)F)c2)cc1. The summed E-state index contributed by atoms with van der Waals surface area (Å²) in [6, 6.07) is 14.3. The van der Waals surface area contributed by atoms with Crippen LogP contribution in [0.15, 0.2) is 60.7 Å². The van der Waals surface area contributed by atoms with Gasteiger partial charge < -0.3 is 24.4 Å². The molecule has 0 saturated carbocycles. The minimum absolute atomic E-state index is 0.000348. The van der Waals surface area contributed by atoms with Crippen LogP contribution >= 0.6 is 0 Å². The highest BCUT2D eigenvalue weighted by atomic mass is 19.4. The molecule has 0 aliphatic rings. The zero-order valence-corrected chi connectivity index (χ0v) is 19.2. The Labute approximate surface area is 203 Å². The molecule has 0 atom stereocenters. The fourth-order valence-corrected chi connectivity index (χ4v) is 3.72.